The number of ether oxygens (including phenoxy) is 2. The first-order chi connectivity index (χ1) is 16.3. The van der Waals surface area contributed by atoms with Gasteiger partial charge in [0.15, 0.2) is 0 Å². The van der Waals surface area contributed by atoms with Gasteiger partial charge in [-0.3, -0.25) is 28.9 Å². The summed E-state index contributed by atoms with van der Waals surface area (Å²) in [6, 6.07) is 4.14. The second kappa shape index (κ2) is 9.80. The van der Waals surface area contributed by atoms with Gasteiger partial charge < -0.3 is 14.4 Å². The summed E-state index contributed by atoms with van der Waals surface area (Å²) in [7, 11) is 4.64. The van der Waals surface area contributed by atoms with E-state index >= 15 is 0 Å². The van der Waals surface area contributed by atoms with Crippen molar-refractivity contribution in [1.29, 1.82) is 0 Å². The van der Waals surface area contributed by atoms with Crippen LogP contribution in [-0.4, -0.2) is 70.9 Å². The van der Waals surface area contributed by atoms with Crippen LogP contribution < -0.4 is 15.9 Å². The third-order valence-corrected chi connectivity index (χ3v) is 5.61. The molecule has 0 radical (unpaired) electrons. The molecule has 190 valence electrons. The van der Waals surface area contributed by atoms with Crippen LogP contribution in [-0.2, 0) is 26.1 Å². The van der Waals surface area contributed by atoms with Crippen molar-refractivity contribution < 1.29 is 28.7 Å². The number of rotatable bonds is 5. The van der Waals surface area contributed by atoms with Crippen molar-refractivity contribution in [2.24, 2.45) is 7.05 Å². The fraction of sp³-hybridized carbons (Fsp3) is 0.522. The molecule has 12 heteroatoms. The number of nitrogens with zero attached hydrogens (tertiary/aromatic N) is 4. The number of aryl methyl sites for hydroxylation is 1. The molecule has 1 aromatic carbocycles. The monoisotopic (exact) mass is 489 g/mol. The molecular formula is C23H31N5O7. The minimum Gasteiger partial charge on any atom is -0.447 e. The molecule has 2 heterocycles. The third kappa shape index (κ3) is 5.64. The summed E-state index contributed by atoms with van der Waals surface area (Å²) in [5.74, 6) is -0.879. The number of anilines is 1. The van der Waals surface area contributed by atoms with Crippen molar-refractivity contribution in [3.63, 3.8) is 0 Å². The molecule has 1 aromatic heterocycles. The lowest BCUT2D eigenvalue weighted by Crippen LogP contribution is -2.44. The highest BCUT2D eigenvalue weighted by Gasteiger charge is 2.31. The number of imide groups is 1. The van der Waals surface area contributed by atoms with Gasteiger partial charge >= 0.3 is 17.9 Å². The Morgan fingerprint density at radius 2 is 1.80 bits per heavy atom. The molecule has 1 fully saturated rings. The molecule has 1 aliphatic heterocycles. The fourth-order valence-electron chi connectivity index (χ4n) is 3.69. The van der Waals surface area contributed by atoms with E-state index in [-0.39, 0.29) is 31.9 Å². The number of aromatic nitrogens is 2. The van der Waals surface area contributed by atoms with E-state index in [2.05, 4.69) is 5.32 Å². The van der Waals surface area contributed by atoms with Gasteiger partial charge in [0.2, 0.25) is 11.8 Å². The molecular weight excluding hydrogens is 458 g/mol. The van der Waals surface area contributed by atoms with Crippen molar-refractivity contribution in [2.45, 2.75) is 45.3 Å². The molecule has 4 amide bonds. The molecule has 0 bridgehead atoms. The summed E-state index contributed by atoms with van der Waals surface area (Å²) < 4.78 is 13.3. The van der Waals surface area contributed by atoms with Crippen LogP contribution in [0.25, 0.3) is 11.0 Å². The summed E-state index contributed by atoms with van der Waals surface area (Å²) in [6.07, 6.45) is -0.782. The smallest absolute Gasteiger partial charge is 0.414 e. The van der Waals surface area contributed by atoms with Crippen LogP contribution in [0, 0.1) is 0 Å². The Morgan fingerprint density at radius 3 is 2.43 bits per heavy atom. The Kier molecular flexibility index (Phi) is 7.22. The van der Waals surface area contributed by atoms with Gasteiger partial charge in [-0.1, -0.05) is 0 Å². The molecule has 0 saturated carbocycles. The summed E-state index contributed by atoms with van der Waals surface area (Å²) in [5, 5.41) is 2.27. The van der Waals surface area contributed by atoms with E-state index in [4.69, 9.17) is 9.47 Å². The number of amides is 4. The van der Waals surface area contributed by atoms with Crippen molar-refractivity contribution in [3.05, 3.63) is 28.7 Å². The SMILES string of the molecule is CN(CCOC(=O)N(C)c1ccc2c(c1)n(C)c(=O)n2C1CCC(=O)NC1=O)C(=O)OC(C)(C)C. The predicted molar refractivity (Wildman–Crippen MR) is 127 cm³/mol. The maximum absolute atomic E-state index is 12.9. The first-order valence-electron chi connectivity index (χ1n) is 11.2. The minimum absolute atomic E-state index is 0.0362. The van der Waals surface area contributed by atoms with Gasteiger partial charge in [-0.15, -0.1) is 0 Å². The average Bonchev–Trinajstić information content (AvgIpc) is 3.01. The number of hydrogen-bond acceptors (Lipinski definition) is 7. The molecule has 1 unspecified atom stereocenters. The van der Waals surface area contributed by atoms with Crippen LogP contribution >= 0.6 is 0 Å². The number of piperidine rings is 1. The Balaban J connectivity index is 1.71. The van der Waals surface area contributed by atoms with E-state index in [1.807, 2.05) is 0 Å². The van der Waals surface area contributed by atoms with Crippen LogP contribution in [0.5, 0.6) is 0 Å². The molecule has 3 rings (SSSR count). The number of fused-ring (bicyclic) bond motifs is 1. The number of likely N-dealkylation sites (N-methyl/N-ethyl adjacent to an activating group) is 1. The van der Waals surface area contributed by atoms with Gasteiger partial charge in [0, 0.05) is 33.3 Å². The quantitative estimate of drug-likeness (QED) is 0.633. The molecule has 1 saturated heterocycles. The van der Waals surface area contributed by atoms with E-state index in [1.165, 1.54) is 26.0 Å². The molecule has 12 nitrogen and oxygen atoms in total. The molecule has 0 spiro atoms. The van der Waals surface area contributed by atoms with Crippen LogP contribution in [0.15, 0.2) is 23.0 Å². The fourth-order valence-corrected chi connectivity index (χ4v) is 3.69. The molecule has 1 atom stereocenters. The zero-order valence-electron chi connectivity index (χ0n) is 20.8. The van der Waals surface area contributed by atoms with Crippen LogP contribution in [0.2, 0.25) is 0 Å². The van der Waals surface area contributed by atoms with Gasteiger partial charge in [0.1, 0.15) is 18.2 Å². The van der Waals surface area contributed by atoms with E-state index in [0.29, 0.717) is 16.7 Å². The summed E-state index contributed by atoms with van der Waals surface area (Å²) in [5.41, 5.74) is 0.470. The zero-order valence-corrected chi connectivity index (χ0v) is 20.8. The van der Waals surface area contributed by atoms with E-state index in [1.54, 1.807) is 53.1 Å². The average molecular weight is 490 g/mol. The number of imidazole rings is 1. The second-order valence-corrected chi connectivity index (χ2v) is 9.43. The molecule has 35 heavy (non-hydrogen) atoms. The van der Waals surface area contributed by atoms with Gasteiger partial charge in [-0.2, -0.15) is 0 Å². The lowest BCUT2D eigenvalue weighted by molar-refractivity contribution is -0.135. The first kappa shape index (κ1) is 25.8. The highest BCUT2D eigenvalue weighted by molar-refractivity contribution is 6.00. The largest absolute Gasteiger partial charge is 0.447 e. The summed E-state index contributed by atoms with van der Waals surface area (Å²) in [4.78, 5) is 63.9. The minimum atomic E-state index is -0.792. The summed E-state index contributed by atoms with van der Waals surface area (Å²) >= 11 is 0. The Hall–Kier alpha value is -3.83. The van der Waals surface area contributed by atoms with Gasteiger partial charge in [0.25, 0.3) is 0 Å². The lowest BCUT2D eigenvalue weighted by Gasteiger charge is -2.25. The zero-order chi connectivity index (χ0) is 26.1. The molecule has 2 aromatic rings. The lowest BCUT2D eigenvalue weighted by atomic mass is 10.1. The van der Waals surface area contributed by atoms with Gasteiger partial charge in [-0.05, 0) is 45.4 Å². The molecule has 0 aliphatic carbocycles. The standard InChI is InChI=1S/C23H31N5O7/c1-23(2,3)35-21(32)25(4)11-12-34-22(33)26(5)14-7-8-15-17(13-14)27(6)20(31)28(15)16-9-10-18(29)24-19(16)30/h7-8,13,16H,9-12H2,1-6H3,(H,24,29,30). The Morgan fingerprint density at radius 1 is 1.11 bits per heavy atom. The number of nitrogens with one attached hydrogen (secondary N) is 1. The second-order valence-electron chi connectivity index (χ2n) is 9.43. The molecule has 1 N–H and O–H groups in total. The van der Waals surface area contributed by atoms with Crippen molar-refractivity contribution in [3.8, 4) is 0 Å². The van der Waals surface area contributed by atoms with Gasteiger partial charge in [0.05, 0.1) is 17.6 Å². The maximum Gasteiger partial charge on any atom is 0.414 e. The van der Waals surface area contributed by atoms with E-state index in [0.717, 1.165) is 0 Å². The number of hydrogen-bond donors (Lipinski definition) is 1. The number of carbonyl (C=O) groups excluding carboxylic acids is 4. The first-order valence-corrected chi connectivity index (χ1v) is 11.2. The van der Waals surface area contributed by atoms with Crippen molar-refractivity contribution >= 4 is 40.7 Å². The topological polar surface area (TPSA) is 132 Å². The summed E-state index contributed by atoms with van der Waals surface area (Å²) in [6.45, 7) is 5.40. The number of benzene rings is 1. The highest BCUT2D eigenvalue weighted by atomic mass is 16.6. The molecule has 1 aliphatic rings. The van der Waals surface area contributed by atoms with Crippen molar-refractivity contribution in [2.75, 3.05) is 32.1 Å². The predicted octanol–water partition coefficient (Wildman–Crippen LogP) is 1.76. The van der Waals surface area contributed by atoms with Crippen LogP contribution in [0.4, 0.5) is 15.3 Å². The highest BCUT2D eigenvalue weighted by Crippen LogP contribution is 2.26. The van der Waals surface area contributed by atoms with Gasteiger partial charge in [-0.25, -0.2) is 14.4 Å². The van der Waals surface area contributed by atoms with Crippen LogP contribution in [0.1, 0.15) is 39.7 Å². The normalized spacial score (nSPS) is 16.1. The van der Waals surface area contributed by atoms with E-state index < -0.39 is 35.4 Å². The van der Waals surface area contributed by atoms with E-state index in [9.17, 15) is 24.0 Å². The third-order valence-electron chi connectivity index (χ3n) is 5.61. The van der Waals surface area contributed by atoms with Crippen LogP contribution in [0.3, 0.4) is 0 Å². The Bertz CT molecular complexity index is 1220. The maximum atomic E-state index is 12.9. The number of carbonyl (C=O) groups is 4. The van der Waals surface area contributed by atoms with Crippen molar-refractivity contribution in [1.82, 2.24) is 19.4 Å². The Labute approximate surface area is 202 Å².